The lowest BCUT2D eigenvalue weighted by Crippen LogP contribution is -2.41. The van der Waals surface area contributed by atoms with E-state index < -0.39 is 27.8 Å². The summed E-state index contributed by atoms with van der Waals surface area (Å²) in [5.41, 5.74) is 1.54. The number of esters is 1. The third kappa shape index (κ3) is 12.1. The Balaban J connectivity index is 1.72. The molecule has 0 saturated carbocycles. The first-order chi connectivity index (χ1) is 22.6. The molecule has 0 unspecified atom stereocenters. The summed E-state index contributed by atoms with van der Waals surface area (Å²) in [6.45, 7) is 3.71. The Morgan fingerprint density at radius 1 is 0.787 bits per heavy atom. The molecule has 0 aliphatic heterocycles. The molecule has 0 bridgehead atoms. The number of hydrogen-bond donors (Lipinski definition) is 1. The molecule has 3 aromatic rings. The van der Waals surface area contributed by atoms with Gasteiger partial charge < -0.3 is 10.1 Å². The number of unbranched alkanes of at least 4 members (excludes halogenated alkanes) is 8. The van der Waals surface area contributed by atoms with Crippen molar-refractivity contribution in [3.05, 3.63) is 95.3 Å². The molecule has 0 aliphatic rings. The average molecular weight is 664 g/mol. The number of rotatable bonds is 19. The Morgan fingerprint density at radius 2 is 1.40 bits per heavy atom. The number of carbonyl (C=O) groups excluding carboxylic acids is 4. The summed E-state index contributed by atoms with van der Waals surface area (Å²) in [5, 5.41) is 2.81. The van der Waals surface area contributed by atoms with Gasteiger partial charge in [0.15, 0.2) is 0 Å². The van der Waals surface area contributed by atoms with Crippen molar-refractivity contribution in [1.82, 2.24) is 14.6 Å². The Bertz CT molecular complexity index is 1560. The van der Waals surface area contributed by atoms with E-state index in [1.54, 1.807) is 0 Å². The Labute approximate surface area is 278 Å². The van der Waals surface area contributed by atoms with Crippen molar-refractivity contribution in [1.29, 1.82) is 0 Å². The molecule has 1 heterocycles. The molecule has 0 radical (unpaired) electrons. The van der Waals surface area contributed by atoms with Gasteiger partial charge in [0.25, 0.3) is 21.8 Å². The summed E-state index contributed by atoms with van der Waals surface area (Å²) in [4.78, 5) is 54.6. The predicted octanol–water partition coefficient (Wildman–Crippen LogP) is 6.40. The smallest absolute Gasteiger partial charge is 0.303 e. The van der Waals surface area contributed by atoms with Crippen molar-refractivity contribution in [2.45, 2.75) is 96.0 Å². The topological polar surface area (TPSA) is 140 Å². The molecule has 3 rings (SSSR count). The lowest BCUT2D eigenvalue weighted by Gasteiger charge is -2.21. The highest BCUT2D eigenvalue weighted by Gasteiger charge is 2.36. The van der Waals surface area contributed by atoms with Crippen LogP contribution < -0.4 is 5.32 Å². The minimum Gasteiger partial charge on any atom is -0.459 e. The van der Waals surface area contributed by atoms with E-state index in [0.29, 0.717) is 29.4 Å². The van der Waals surface area contributed by atoms with Crippen LogP contribution in [0, 0.1) is 0 Å². The predicted molar refractivity (Wildman–Crippen MR) is 179 cm³/mol. The van der Waals surface area contributed by atoms with Gasteiger partial charge in [-0.15, -0.1) is 0 Å². The van der Waals surface area contributed by atoms with Gasteiger partial charge in [0.2, 0.25) is 5.91 Å². The van der Waals surface area contributed by atoms with Gasteiger partial charge in [0, 0.05) is 31.6 Å². The first-order valence-corrected chi connectivity index (χ1v) is 17.7. The summed E-state index contributed by atoms with van der Waals surface area (Å²) in [6, 6.07) is 17.6. The van der Waals surface area contributed by atoms with Gasteiger partial charge in [-0.05, 0) is 54.8 Å². The van der Waals surface area contributed by atoms with Crippen LogP contribution in [0.3, 0.4) is 0 Å². The number of nitrogens with zero attached hydrogens (tertiary/aromatic N) is 2. The van der Waals surface area contributed by atoms with Crippen molar-refractivity contribution < 1.29 is 32.3 Å². The van der Waals surface area contributed by atoms with E-state index in [1.807, 2.05) is 30.3 Å². The number of imide groups is 1. The number of carbonyl (C=O) groups is 4. The van der Waals surface area contributed by atoms with Gasteiger partial charge in [-0.2, -0.15) is 4.31 Å². The summed E-state index contributed by atoms with van der Waals surface area (Å²) < 4.78 is 32.8. The van der Waals surface area contributed by atoms with Crippen molar-refractivity contribution >= 4 is 33.7 Å². The number of pyridine rings is 1. The lowest BCUT2D eigenvalue weighted by molar-refractivity contribution is -0.142. The van der Waals surface area contributed by atoms with Crippen molar-refractivity contribution in [2.24, 2.45) is 0 Å². The zero-order valence-corrected chi connectivity index (χ0v) is 28.1. The second kappa shape index (κ2) is 19.3. The molecule has 2 aromatic carbocycles. The molecule has 252 valence electrons. The van der Waals surface area contributed by atoms with Crippen LogP contribution in [-0.4, -0.2) is 47.9 Å². The van der Waals surface area contributed by atoms with E-state index >= 15 is 0 Å². The van der Waals surface area contributed by atoms with Gasteiger partial charge in [-0.1, -0.05) is 88.6 Å². The van der Waals surface area contributed by atoms with Gasteiger partial charge in [0.1, 0.15) is 6.61 Å². The third-order valence-electron chi connectivity index (χ3n) is 7.60. The fraction of sp³-hybridized carbons (Fsp3) is 0.417. The van der Waals surface area contributed by atoms with Gasteiger partial charge >= 0.3 is 5.97 Å². The van der Waals surface area contributed by atoms with Crippen molar-refractivity contribution in [3.8, 4) is 0 Å². The summed E-state index contributed by atoms with van der Waals surface area (Å²) >= 11 is 0. The highest BCUT2D eigenvalue weighted by atomic mass is 32.2. The Morgan fingerprint density at radius 3 is 2.00 bits per heavy atom. The van der Waals surface area contributed by atoms with E-state index in [9.17, 15) is 27.6 Å². The fourth-order valence-corrected chi connectivity index (χ4v) is 6.30. The second-order valence-electron chi connectivity index (χ2n) is 11.4. The fourth-order valence-electron chi connectivity index (χ4n) is 4.92. The van der Waals surface area contributed by atoms with Crippen molar-refractivity contribution in [3.63, 3.8) is 0 Å². The molecule has 47 heavy (non-hydrogen) atoms. The first kappa shape index (κ1) is 37.1. The minimum atomic E-state index is -4.63. The monoisotopic (exact) mass is 663 g/mol. The van der Waals surface area contributed by atoms with Crippen LogP contribution in [0.4, 0.5) is 0 Å². The third-order valence-corrected chi connectivity index (χ3v) is 9.32. The van der Waals surface area contributed by atoms with E-state index in [4.69, 9.17) is 4.74 Å². The molecule has 0 spiro atoms. The molecule has 0 saturated heterocycles. The normalized spacial score (nSPS) is 11.1. The molecular weight excluding hydrogens is 618 g/mol. The zero-order valence-electron chi connectivity index (χ0n) is 27.3. The summed E-state index contributed by atoms with van der Waals surface area (Å²) in [7, 11) is -4.63. The standard InChI is InChI=1S/C36H45N3O7S/c1-3-4-5-6-7-8-9-10-14-17-34(41)39(36(43)31-18-21-32(38-26-31)27-46-28(2)40)47(44,45)33-22-19-30(20-23-33)35(42)37-25-24-29-15-12-11-13-16-29/h11-13,15-16,18-23,26H,3-10,14,17,24-25,27H2,1-2H3,(H,37,42). The van der Waals surface area contributed by atoms with Crippen molar-refractivity contribution in [2.75, 3.05) is 6.54 Å². The highest BCUT2D eigenvalue weighted by Crippen LogP contribution is 2.22. The number of ether oxygens (including phenoxy) is 1. The number of nitrogens with one attached hydrogen (secondary N) is 1. The molecular formula is C36H45N3O7S. The summed E-state index contributed by atoms with van der Waals surface area (Å²) in [5.74, 6) is -2.76. The van der Waals surface area contributed by atoms with Gasteiger partial charge in [-0.25, -0.2) is 8.42 Å². The van der Waals surface area contributed by atoms with E-state index in [-0.39, 0.29) is 35.0 Å². The number of aromatic nitrogens is 1. The van der Waals surface area contributed by atoms with Crippen LogP contribution in [0.5, 0.6) is 0 Å². The molecule has 0 atom stereocenters. The van der Waals surface area contributed by atoms with Crippen LogP contribution in [-0.2, 0) is 37.4 Å². The SMILES string of the molecule is CCCCCCCCCCCC(=O)N(C(=O)c1ccc(COC(C)=O)nc1)S(=O)(=O)c1ccc(C(=O)NCCc2ccccc2)cc1. The largest absolute Gasteiger partial charge is 0.459 e. The van der Waals surface area contributed by atoms with Crippen LogP contribution in [0.15, 0.2) is 77.8 Å². The Kier molecular flexibility index (Phi) is 15.2. The van der Waals surface area contributed by atoms with E-state index in [2.05, 4.69) is 17.2 Å². The van der Waals surface area contributed by atoms with E-state index in [1.165, 1.54) is 69.0 Å². The maximum absolute atomic E-state index is 13.8. The number of hydrogen-bond acceptors (Lipinski definition) is 8. The minimum absolute atomic E-state index is 0.116. The van der Waals surface area contributed by atoms with E-state index in [0.717, 1.165) is 37.4 Å². The first-order valence-electron chi connectivity index (χ1n) is 16.3. The van der Waals surface area contributed by atoms with Gasteiger partial charge in [0.05, 0.1) is 16.2 Å². The molecule has 1 aromatic heterocycles. The molecule has 11 heteroatoms. The number of amides is 3. The number of sulfonamides is 1. The quantitative estimate of drug-likeness (QED) is 0.115. The zero-order chi connectivity index (χ0) is 34.1. The number of benzene rings is 2. The average Bonchev–Trinajstić information content (AvgIpc) is 3.07. The van der Waals surface area contributed by atoms with Crippen LogP contribution in [0.1, 0.15) is 110 Å². The molecule has 3 amide bonds. The maximum Gasteiger partial charge on any atom is 0.303 e. The van der Waals surface area contributed by atoms with Crippen LogP contribution in [0.2, 0.25) is 0 Å². The highest BCUT2D eigenvalue weighted by molar-refractivity contribution is 7.90. The summed E-state index contributed by atoms with van der Waals surface area (Å²) in [6.07, 6.45) is 10.7. The second-order valence-corrected chi connectivity index (χ2v) is 13.2. The van der Waals surface area contributed by atoms with Crippen LogP contribution >= 0.6 is 0 Å². The molecule has 1 N–H and O–H groups in total. The molecule has 0 aliphatic carbocycles. The molecule has 0 fully saturated rings. The Hall–Kier alpha value is -4.38. The lowest BCUT2D eigenvalue weighted by atomic mass is 10.1. The maximum atomic E-state index is 13.8. The van der Waals surface area contributed by atoms with Gasteiger partial charge in [-0.3, -0.25) is 24.2 Å². The molecule has 10 nitrogen and oxygen atoms in total. The van der Waals surface area contributed by atoms with Crippen LogP contribution in [0.25, 0.3) is 0 Å².